The van der Waals surface area contributed by atoms with Crippen LogP contribution in [0, 0.1) is 23.4 Å². The zero-order valence-corrected chi connectivity index (χ0v) is 26.6. The molecule has 5 N–H and O–H groups in total. The van der Waals surface area contributed by atoms with Crippen molar-refractivity contribution in [2.24, 2.45) is 5.92 Å². The molecule has 3 heterocycles. The third kappa shape index (κ3) is 7.64. The first-order valence-corrected chi connectivity index (χ1v) is 15.7. The van der Waals surface area contributed by atoms with E-state index in [0.717, 1.165) is 17.8 Å². The summed E-state index contributed by atoms with van der Waals surface area (Å²) in [4.78, 5) is 23.8. The number of nitrogens with zero attached hydrogens (tertiary/aromatic N) is 4. The Morgan fingerprint density at radius 2 is 1.79 bits per heavy atom. The van der Waals surface area contributed by atoms with Gasteiger partial charge in [-0.05, 0) is 43.7 Å². The molecule has 2 aliphatic rings. The Balaban J connectivity index is 1.25. The fourth-order valence-electron chi connectivity index (χ4n) is 6.50. The summed E-state index contributed by atoms with van der Waals surface area (Å²) in [6.45, 7) is 3.00. The molecule has 17 heteroatoms. The predicted molar refractivity (Wildman–Crippen MR) is 160 cm³/mol. The van der Waals surface area contributed by atoms with Crippen molar-refractivity contribution in [3.05, 3.63) is 53.3 Å². The van der Waals surface area contributed by atoms with Crippen LogP contribution in [0.3, 0.4) is 0 Å². The summed E-state index contributed by atoms with van der Waals surface area (Å²) >= 11 is 0. The SMILES string of the molecule is CO[C@@H]1[C@@H](n2cc(-c3cc(F)c(F)c(F)c3)nn2)[C@@H](O)[C@@H](CO)O[C@@H]1Cc1cc(C2CCC(NC(=O)C(NC(=O)O)C(C)C)CC2)no1. The number of rotatable bonds is 11. The summed E-state index contributed by atoms with van der Waals surface area (Å²) in [5.41, 5.74) is 0.676. The number of hydrogen-bond acceptors (Lipinski definition) is 10. The van der Waals surface area contributed by atoms with Crippen LogP contribution >= 0.6 is 0 Å². The van der Waals surface area contributed by atoms with Crippen molar-refractivity contribution in [2.75, 3.05) is 13.7 Å². The number of methoxy groups -OCH3 is 1. The molecular weight excluding hydrogens is 641 g/mol. The van der Waals surface area contributed by atoms with Gasteiger partial charge in [-0.15, -0.1) is 5.10 Å². The number of amides is 2. The van der Waals surface area contributed by atoms with Gasteiger partial charge in [0.05, 0.1) is 24.6 Å². The van der Waals surface area contributed by atoms with Crippen molar-refractivity contribution in [2.45, 2.75) is 94.4 Å². The van der Waals surface area contributed by atoms with Crippen LogP contribution in [-0.2, 0) is 20.7 Å². The zero-order chi connectivity index (χ0) is 34.7. The Labute approximate surface area is 273 Å². The highest BCUT2D eigenvalue weighted by molar-refractivity contribution is 5.85. The first-order valence-electron chi connectivity index (χ1n) is 15.7. The number of carboxylic acid groups (broad SMARTS) is 1. The van der Waals surface area contributed by atoms with E-state index < -0.39 is 66.7 Å². The average molecular weight is 681 g/mol. The van der Waals surface area contributed by atoms with Crippen LogP contribution in [-0.4, -0.2) is 97.7 Å². The van der Waals surface area contributed by atoms with E-state index in [1.165, 1.54) is 18.0 Å². The number of nitrogens with one attached hydrogen (secondary N) is 2. The number of carbonyl (C=O) groups excluding carboxylic acids is 1. The molecule has 262 valence electrons. The minimum Gasteiger partial charge on any atom is -0.465 e. The van der Waals surface area contributed by atoms with Gasteiger partial charge in [0.25, 0.3) is 0 Å². The van der Waals surface area contributed by atoms with Gasteiger partial charge < -0.3 is 39.9 Å². The van der Waals surface area contributed by atoms with Crippen LogP contribution in [0.2, 0.25) is 0 Å². The van der Waals surface area contributed by atoms with Crippen LogP contribution in [0.4, 0.5) is 18.0 Å². The molecule has 6 atom stereocenters. The first-order chi connectivity index (χ1) is 22.9. The second-order valence-corrected chi connectivity index (χ2v) is 12.6. The van der Waals surface area contributed by atoms with Gasteiger partial charge in [0, 0.05) is 37.1 Å². The number of aliphatic hydroxyl groups excluding tert-OH is 2. The standard InChI is InChI=1S/C31H39F3N6O8/c1-14(2)26(36-31(44)45)30(43)35-17-6-4-15(5-7-17)21-10-18(48-38-21)11-23-29(46-3)27(28(42)24(13-41)47-23)40-12-22(37-39-40)16-8-19(32)25(34)20(33)9-16/h8-10,12,14-15,17,23-24,26-29,36,41-42H,4-7,11,13H2,1-3H3,(H,35,43)(H,44,45)/t15?,17?,23-,24-,26?,27+,28+,29+/m1/s1. The summed E-state index contributed by atoms with van der Waals surface area (Å²) in [6.07, 6.45) is -0.969. The minimum absolute atomic E-state index is 0.0178. The Morgan fingerprint density at radius 1 is 1.10 bits per heavy atom. The molecule has 1 unspecified atom stereocenters. The molecule has 1 saturated heterocycles. The molecule has 2 aromatic heterocycles. The largest absolute Gasteiger partial charge is 0.465 e. The molecule has 48 heavy (non-hydrogen) atoms. The van der Waals surface area contributed by atoms with Crippen molar-refractivity contribution in [1.82, 2.24) is 30.8 Å². The van der Waals surface area contributed by atoms with Crippen molar-refractivity contribution in [3.63, 3.8) is 0 Å². The van der Waals surface area contributed by atoms with Gasteiger partial charge in [-0.25, -0.2) is 22.6 Å². The summed E-state index contributed by atoms with van der Waals surface area (Å²) in [6, 6.07) is 1.48. The lowest BCUT2D eigenvalue weighted by molar-refractivity contribution is -0.212. The molecule has 2 fully saturated rings. The number of hydrogen-bond donors (Lipinski definition) is 5. The van der Waals surface area contributed by atoms with E-state index in [2.05, 4.69) is 26.1 Å². The molecular formula is C31H39F3N6O8. The number of benzene rings is 1. The second-order valence-electron chi connectivity index (χ2n) is 12.6. The van der Waals surface area contributed by atoms with Crippen molar-refractivity contribution < 1.29 is 52.1 Å². The molecule has 5 rings (SSSR count). The molecule has 14 nitrogen and oxygen atoms in total. The highest BCUT2D eigenvalue weighted by Gasteiger charge is 2.47. The van der Waals surface area contributed by atoms with Gasteiger partial charge in [0.2, 0.25) is 5.91 Å². The van der Waals surface area contributed by atoms with E-state index in [1.54, 1.807) is 13.8 Å². The van der Waals surface area contributed by atoms with Crippen molar-refractivity contribution in [3.8, 4) is 11.3 Å². The quantitative estimate of drug-likeness (QED) is 0.187. The summed E-state index contributed by atoms with van der Waals surface area (Å²) in [5, 5.41) is 47.7. The summed E-state index contributed by atoms with van der Waals surface area (Å²) < 4.78 is 59.9. The van der Waals surface area contributed by atoms with Gasteiger partial charge >= 0.3 is 6.09 Å². The van der Waals surface area contributed by atoms with Gasteiger partial charge in [0.15, 0.2) is 17.5 Å². The monoisotopic (exact) mass is 680 g/mol. The maximum atomic E-state index is 13.9. The lowest BCUT2D eigenvalue weighted by atomic mass is 9.83. The molecule has 0 bridgehead atoms. The first kappa shape index (κ1) is 35.3. The lowest BCUT2D eigenvalue weighted by Crippen LogP contribution is -2.57. The maximum absolute atomic E-state index is 13.9. The number of carbonyl (C=O) groups is 2. The zero-order valence-electron chi connectivity index (χ0n) is 26.6. The minimum atomic E-state index is -1.61. The highest BCUT2D eigenvalue weighted by Crippen LogP contribution is 2.36. The number of aliphatic hydroxyl groups is 2. The highest BCUT2D eigenvalue weighted by atomic mass is 19.2. The predicted octanol–water partition coefficient (Wildman–Crippen LogP) is 2.70. The molecule has 3 aromatic rings. The molecule has 1 saturated carbocycles. The van der Waals surface area contributed by atoms with Crippen LogP contribution in [0.1, 0.15) is 62.9 Å². The van der Waals surface area contributed by atoms with Crippen molar-refractivity contribution in [1.29, 1.82) is 0 Å². The van der Waals surface area contributed by atoms with Crippen LogP contribution < -0.4 is 10.6 Å². The Morgan fingerprint density at radius 3 is 2.40 bits per heavy atom. The Hall–Kier alpha value is -4.06. The third-order valence-electron chi connectivity index (χ3n) is 9.03. The fourth-order valence-corrected chi connectivity index (χ4v) is 6.50. The van der Waals surface area contributed by atoms with E-state index in [0.29, 0.717) is 31.4 Å². The van der Waals surface area contributed by atoms with E-state index in [-0.39, 0.29) is 41.5 Å². The molecule has 0 spiro atoms. The van der Waals surface area contributed by atoms with Gasteiger partial charge in [-0.1, -0.05) is 24.2 Å². The number of aromatic nitrogens is 4. The average Bonchev–Trinajstić information content (AvgIpc) is 3.73. The van der Waals surface area contributed by atoms with Gasteiger partial charge in [-0.3, -0.25) is 4.79 Å². The normalized spacial score (nSPS) is 26.7. The van der Waals surface area contributed by atoms with E-state index in [4.69, 9.17) is 19.1 Å². The van der Waals surface area contributed by atoms with E-state index >= 15 is 0 Å². The summed E-state index contributed by atoms with van der Waals surface area (Å²) in [7, 11) is 1.41. The molecule has 1 aromatic carbocycles. The number of ether oxygens (including phenoxy) is 2. The molecule has 1 aliphatic heterocycles. The van der Waals surface area contributed by atoms with E-state index in [1.807, 2.05) is 6.07 Å². The van der Waals surface area contributed by atoms with Gasteiger partial charge in [0.1, 0.15) is 41.8 Å². The Kier molecular flexibility index (Phi) is 11.0. The lowest BCUT2D eigenvalue weighted by Gasteiger charge is -2.43. The molecule has 2 amide bonds. The topological polar surface area (TPSA) is 194 Å². The molecule has 1 aliphatic carbocycles. The van der Waals surface area contributed by atoms with Crippen LogP contribution in [0.25, 0.3) is 11.3 Å². The van der Waals surface area contributed by atoms with Gasteiger partial charge in [-0.2, -0.15) is 0 Å². The van der Waals surface area contributed by atoms with Crippen LogP contribution in [0.15, 0.2) is 28.9 Å². The summed E-state index contributed by atoms with van der Waals surface area (Å²) in [5.74, 6) is -4.43. The second kappa shape index (κ2) is 15.0. The maximum Gasteiger partial charge on any atom is 0.405 e. The number of halogens is 3. The molecule has 0 radical (unpaired) electrons. The van der Waals surface area contributed by atoms with E-state index in [9.17, 15) is 33.0 Å². The third-order valence-corrected chi connectivity index (χ3v) is 9.03. The van der Waals surface area contributed by atoms with Crippen molar-refractivity contribution >= 4 is 12.0 Å². The fraction of sp³-hybridized carbons (Fsp3) is 0.581. The smallest absolute Gasteiger partial charge is 0.405 e. The Bertz CT molecular complexity index is 1560. The van der Waals surface area contributed by atoms with Crippen LogP contribution in [0.5, 0.6) is 0 Å².